The number of ether oxygens (including phenoxy) is 1. The van der Waals surface area contributed by atoms with Gasteiger partial charge >= 0.3 is 0 Å². The van der Waals surface area contributed by atoms with Crippen LogP contribution in [0.15, 0.2) is 55.2 Å². The molecule has 1 unspecified atom stereocenters. The molecule has 0 radical (unpaired) electrons. The van der Waals surface area contributed by atoms with Crippen molar-refractivity contribution in [3.8, 4) is 5.75 Å². The molecule has 1 atom stereocenters. The van der Waals surface area contributed by atoms with E-state index in [4.69, 9.17) is 9.72 Å². The summed E-state index contributed by atoms with van der Waals surface area (Å²) in [5, 5.41) is 3.18. The van der Waals surface area contributed by atoms with E-state index in [0.717, 1.165) is 36.6 Å². The third kappa shape index (κ3) is 4.43. The summed E-state index contributed by atoms with van der Waals surface area (Å²) < 4.78 is 5.27. The molecule has 7 heteroatoms. The number of rotatable bonds is 6. The van der Waals surface area contributed by atoms with Crippen LogP contribution in [-0.2, 0) is 6.54 Å². The highest BCUT2D eigenvalue weighted by molar-refractivity contribution is 5.49. The molecule has 1 fully saturated rings. The van der Waals surface area contributed by atoms with Crippen LogP contribution >= 0.6 is 0 Å². The second kappa shape index (κ2) is 8.75. The van der Waals surface area contributed by atoms with Crippen LogP contribution in [0.25, 0.3) is 0 Å². The maximum absolute atomic E-state index is 5.27. The van der Waals surface area contributed by atoms with Crippen LogP contribution < -0.4 is 10.1 Å². The fourth-order valence-electron chi connectivity index (χ4n) is 3.59. The smallest absolute Gasteiger partial charge is 0.227 e. The van der Waals surface area contributed by atoms with Gasteiger partial charge in [0.05, 0.1) is 36.9 Å². The van der Waals surface area contributed by atoms with Gasteiger partial charge < -0.3 is 10.1 Å². The molecule has 3 aromatic rings. The second-order valence-corrected chi connectivity index (χ2v) is 6.89. The number of likely N-dealkylation sites (tertiary alicyclic amines) is 1. The number of aromatic nitrogens is 4. The summed E-state index contributed by atoms with van der Waals surface area (Å²) in [6.45, 7) is 1.96. The van der Waals surface area contributed by atoms with Gasteiger partial charge in [-0.3, -0.25) is 4.90 Å². The van der Waals surface area contributed by atoms with Gasteiger partial charge in [0, 0.05) is 12.7 Å². The van der Waals surface area contributed by atoms with Gasteiger partial charge in [-0.15, -0.1) is 0 Å². The van der Waals surface area contributed by atoms with Crippen LogP contribution in [0, 0.1) is 0 Å². The first kappa shape index (κ1) is 18.3. The molecule has 1 aliphatic rings. The van der Waals surface area contributed by atoms with E-state index in [1.165, 1.54) is 24.7 Å². The average molecular weight is 376 g/mol. The lowest BCUT2D eigenvalue weighted by Gasteiger charge is -2.35. The maximum atomic E-state index is 5.27. The molecule has 1 aromatic carbocycles. The molecule has 1 saturated heterocycles. The normalized spacial score (nSPS) is 17.2. The van der Waals surface area contributed by atoms with Gasteiger partial charge in [-0.2, -0.15) is 0 Å². The van der Waals surface area contributed by atoms with Gasteiger partial charge in [0.15, 0.2) is 0 Å². The predicted octanol–water partition coefficient (Wildman–Crippen LogP) is 3.75. The molecular weight excluding hydrogens is 352 g/mol. The van der Waals surface area contributed by atoms with Gasteiger partial charge in [0.2, 0.25) is 5.95 Å². The Morgan fingerprint density at radius 3 is 2.71 bits per heavy atom. The lowest BCUT2D eigenvalue weighted by atomic mass is 9.98. The molecule has 7 nitrogen and oxygen atoms in total. The largest absolute Gasteiger partial charge is 0.497 e. The van der Waals surface area contributed by atoms with Crippen molar-refractivity contribution < 1.29 is 4.74 Å². The van der Waals surface area contributed by atoms with Crippen molar-refractivity contribution in [2.45, 2.75) is 31.8 Å². The Morgan fingerprint density at radius 1 is 1.11 bits per heavy atom. The number of benzene rings is 1. The van der Waals surface area contributed by atoms with E-state index in [-0.39, 0.29) is 6.04 Å². The minimum absolute atomic E-state index is 0.284. The Balaban J connectivity index is 1.51. The van der Waals surface area contributed by atoms with Gasteiger partial charge in [-0.25, -0.2) is 19.9 Å². The first-order chi connectivity index (χ1) is 13.8. The van der Waals surface area contributed by atoms with Crippen molar-refractivity contribution in [3.63, 3.8) is 0 Å². The van der Waals surface area contributed by atoms with Crippen LogP contribution in [0.3, 0.4) is 0 Å². The summed E-state index contributed by atoms with van der Waals surface area (Å²) in [5.74, 6) is 1.46. The molecule has 2 aromatic heterocycles. The van der Waals surface area contributed by atoms with E-state index in [1.807, 2.05) is 24.4 Å². The Kier molecular flexibility index (Phi) is 5.72. The fourth-order valence-corrected chi connectivity index (χ4v) is 3.59. The molecule has 0 spiro atoms. The quantitative estimate of drug-likeness (QED) is 0.702. The molecule has 144 valence electrons. The Bertz CT molecular complexity index is 887. The molecular formula is C21H24N6O. The van der Waals surface area contributed by atoms with Crippen molar-refractivity contribution in [3.05, 3.63) is 66.5 Å². The Labute approximate surface area is 164 Å². The van der Waals surface area contributed by atoms with Gasteiger partial charge in [0.1, 0.15) is 12.1 Å². The number of hydrogen-bond donors (Lipinski definition) is 1. The first-order valence-electron chi connectivity index (χ1n) is 9.54. The van der Waals surface area contributed by atoms with Crippen molar-refractivity contribution in [1.82, 2.24) is 24.8 Å². The molecule has 4 rings (SSSR count). The average Bonchev–Trinajstić information content (AvgIpc) is 2.76. The van der Waals surface area contributed by atoms with Crippen LogP contribution in [0.2, 0.25) is 0 Å². The third-order valence-corrected chi connectivity index (χ3v) is 4.99. The Morgan fingerprint density at radius 2 is 1.93 bits per heavy atom. The lowest BCUT2D eigenvalue weighted by Crippen LogP contribution is -2.33. The molecule has 1 N–H and O–H groups in total. The summed E-state index contributed by atoms with van der Waals surface area (Å²) in [4.78, 5) is 19.7. The molecule has 28 heavy (non-hydrogen) atoms. The summed E-state index contributed by atoms with van der Waals surface area (Å²) >= 11 is 0. The lowest BCUT2D eigenvalue weighted by molar-refractivity contribution is 0.137. The van der Waals surface area contributed by atoms with Crippen molar-refractivity contribution >= 4 is 11.6 Å². The van der Waals surface area contributed by atoms with Crippen LogP contribution in [0.1, 0.15) is 36.6 Å². The topological polar surface area (TPSA) is 76.1 Å². The zero-order chi connectivity index (χ0) is 19.2. The second-order valence-electron chi connectivity index (χ2n) is 6.89. The van der Waals surface area contributed by atoms with E-state index >= 15 is 0 Å². The first-order valence-corrected chi connectivity index (χ1v) is 9.54. The van der Waals surface area contributed by atoms with E-state index in [2.05, 4.69) is 37.3 Å². The zero-order valence-corrected chi connectivity index (χ0v) is 16.0. The summed E-state index contributed by atoms with van der Waals surface area (Å²) in [5.41, 5.74) is 3.10. The molecule has 0 amide bonds. The van der Waals surface area contributed by atoms with Crippen LogP contribution in [-0.4, -0.2) is 38.5 Å². The standard InChI is InChI=1S/C21H24N6O/c1-28-18-7-5-16(6-8-18)14-27-11-3-2-4-20(27)19-9-10-24-21(26-19)25-17-12-22-15-23-13-17/h5-10,12-13,15,20H,2-4,11,14H2,1H3,(H,24,25,26). The van der Waals surface area contributed by atoms with E-state index in [0.29, 0.717) is 5.95 Å². The monoisotopic (exact) mass is 376 g/mol. The fraction of sp³-hybridized carbons (Fsp3) is 0.333. The SMILES string of the molecule is COc1ccc(CN2CCCCC2c2ccnc(Nc3cncnc3)n2)cc1. The Hall–Kier alpha value is -3.06. The number of nitrogens with zero attached hydrogens (tertiary/aromatic N) is 5. The number of piperidine rings is 1. The summed E-state index contributed by atoms with van der Waals surface area (Å²) in [7, 11) is 1.69. The third-order valence-electron chi connectivity index (χ3n) is 4.99. The highest BCUT2D eigenvalue weighted by atomic mass is 16.5. The maximum Gasteiger partial charge on any atom is 0.227 e. The number of hydrogen-bond acceptors (Lipinski definition) is 7. The predicted molar refractivity (Wildman–Crippen MR) is 107 cm³/mol. The van der Waals surface area contributed by atoms with Gasteiger partial charge in [-0.05, 0) is 43.1 Å². The highest BCUT2D eigenvalue weighted by Crippen LogP contribution is 2.31. The van der Waals surface area contributed by atoms with E-state index in [9.17, 15) is 0 Å². The molecule has 3 heterocycles. The van der Waals surface area contributed by atoms with Gasteiger partial charge in [-0.1, -0.05) is 18.6 Å². The summed E-state index contributed by atoms with van der Waals surface area (Å²) in [6, 6.07) is 10.6. The van der Waals surface area contributed by atoms with Crippen molar-refractivity contribution in [2.75, 3.05) is 19.0 Å². The van der Waals surface area contributed by atoms with E-state index < -0.39 is 0 Å². The number of anilines is 2. The highest BCUT2D eigenvalue weighted by Gasteiger charge is 2.25. The summed E-state index contributed by atoms with van der Waals surface area (Å²) in [6.07, 6.45) is 10.3. The van der Waals surface area contributed by atoms with E-state index in [1.54, 1.807) is 19.5 Å². The molecule has 0 aliphatic carbocycles. The number of nitrogens with one attached hydrogen (secondary N) is 1. The molecule has 1 aliphatic heterocycles. The van der Waals surface area contributed by atoms with Gasteiger partial charge in [0.25, 0.3) is 0 Å². The minimum Gasteiger partial charge on any atom is -0.497 e. The minimum atomic E-state index is 0.284. The number of methoxy groups -OCH3 is 1. The zero-order valence-electron chi connectivity index (χ0n) is 16.0. The van der Waals surface area contributed by atoms with Crippen LogP contribution in [0.4, 0.5) is 11.6 Å². The molecule has 0 bridgehead atoms. The van der Waals surface area contributed by atoms with Crippen LogP contribution in [0.5, 0.6) is 5.75 Å². The van der Waals surface area contributed by atoms with Crippen molar-refractivity contribution in [2.24, 2.45) is 0 Å². The molecule has 0 saturated carbocycles. The van der Waals surface area contributed by atoms with Crippen molar-refractivity contribution in [1.29, 1.82) is 0 Å².